The molecule has 132 valence electrons. The van der Waals surface area contributed by atoms with E-state index < -0.39 is 12.1 Å². The Labute approximate surface area is 143 Å². The zero-order valence-corrected chi connectivity index (χ0v) is 14.3. The van der Waals surface area contributed by atoms with E-state index in [-0.39, 0.29) is 11.9 Å². The third kappa shape index (κ3) is 5.85. The highest BCUT2D eigenvalue weighted by Crippen LogP contribution is 2.14. The lowest BCUT2D eigenvalue weighted by Crippen LogP contribution is -2.52. The molecule has 1 aliphatic heterocycles. The van der Waals surface area contributed by atoms with Crippen LogP contribution in [0.3, 0.4) is 0 Å². The number of hydrogen-bond acceptors (Lipinski definition) is 3. The fourth-order valence-electron chi connectivity index (χ4n) is 3.11. The summed E-state index contributed by atoms with van der Waals surface area (Å²) in [5.74, 6) is -0.128. The molecular formula is C18H28N4O2. The third-order valence-corrected chi connectivity index (χ3v) is 4.39. The highest BCUT2D eigenvalue weighted by Gasteiger charge is 2.24. The van der Waals surface area contributed by atoms with Gasteiger partial charge in [0, 0.05) is 25.7 Å². The van der Waals surface area contributed by atoms with Gasteiger partial charge in [0.15, 0.2) is 0 Å². The molecule has 1 aliphatic rings. The molecule has 4 N–H and O–H groups in total. The number of urea groups is 1. The number of carbonyl (C=O) groups excluding carboxylic acids is 2. The first kappa shape index (κ1) is 18.3. The molecule has 0 unspecified atom stereocenters. The van der Waals surface area contributed by atoms with Crippen molar-refractivity contribution in [3.63, 3.8) is 0 Å². The molecule has 2 rings (SSSR count). The van der Waals surface area contributed by atoms with Crippen molar-refractivity contribution in [1.29, 1.82) is 0 Å². The molecule has 3 amide bonds. The van der Waals surface area contributed by atoms with Crippen LogP contribution in [-0.2, 0) is 11.3 Å². The lowest BCUT2D eigenvalue weighted by atomic mass is 10.0. The van der Waals surface area contributed by atoms with Crippen molar-refractivity contribution >= 4 is 11.9 Å². The van der Waals surface area contributed by atoms with Crippen molar-refractivity contribution in [2.75, 3.05) is 13.1 Å². The molecule has 0 saturated carbocycles. The molecular weight excluding hydrogens is 304 g/mol. The maximum Gasteiger partial charge on any atom is 0.312 e. The second-order valence-electron chi connectivity index (χ2n) is 6.39. The topological polar surface area (TPSA) is 87.5 Å². The number of piperidine rings is 1. The number of hydrogen-bond donors (Lipinski definition) is 3. The summed E-state index contributed by atoms with van der Waals surface area (Å²) in [7, 11) is 0. The fourth-order valence-corrected chi connectivity index (χ4v) is 3.11. The summed E-state index contributed by atoms with van der Waals surface area (Å²) in [6.45, 7) is 4.84. The van der Waals surface area contributed by atoms with Crippen molar-refractivity contribution in [2.45, 2.75) is 51.2 Å². The minimum Gasteiger partial charge on any atom is -0.352 e. The van der Waals surface area contributed by atoms with E-state index in [1.165, 1.54) is 5.56 Å². The van der Waals surface area contributed by atoms with E-state index >= 15 is 0 Å². The number of nitrogens with one attached hydrogen (secondary N) is 2. The minimum atomic E-state index is -0.652. The first-order chi connectivity index (χ1) is 11.6. The standard InChI is InChI=1S/C18H28N4O2/c1-2-6-16(21-18(19)24)17(23)20-15-9-11-22(12-10-15)13-14-7-4-3-5-8-14/h3-5,7-8,15-16H,2,6,9-13H2,1H3,(H,20,23)(H3,19,21,24)/t16-/m1/s1. The zero-order chi connectivity index (χ0) is 17.4. The number of nitrogens with two attached hydrogens (primary N) is 1. The first-order valence-electron chi connectivity index (χ1n) is 8.71. The lowest BCUT2D eigenvalue weighted by molar-refractivity contribution is -0.124. The van der Waals surface area contributed by atoms with E-state index in [9.17, 15) is 9.59 Å². The Morgan fingerprint density at radius 2 is 1.92 bits per heavy atom. The van der Waals surface area contributed by atoms with E-state index in [2.05, 4.69) is 39.8 Å². The predicted molar refractivity (Wildman–Crippen MR) is 94.3 cm³/mol. The van der Waals surface area contributed by atoms with Crippen LogP contribution >= 0.6 is 0 Å². The number of primary amides is 1. The van der Waals surface area contributed by atoms with Gasteiger partial charge in [-0.05, 0) is 24.8 Å². The molecule has 0 aliphatic carbocycles. The van der Waals surface area contributed by atoms with Gasteiger partial charge in [-0.15, -0.1) is 0 Å². The van der Waals surface area contributed by atoms with Crippen LogP contribution in [0.5, 0.6) is 0 Å². The summed E-state index contributed by atoms with van der Waals surface area (Å²) in [6, 6.07) is 9.40. The Balaban J connectivity index is 1.77. The molecule has 1 fully saturated rings. The molecule has 0 bridgehead atoms. The zero-order valence-electron chi connectivity index (χ0n) is 14.3. The van der Waals surface area contributed by atoms with Crippen LogP contribution in [-0.4, -0.2) is 42.0 Å². The summed E-state index contributed by atoms with van der Waals surface area (Å²) >= 11 is 0. The molecule has 1 aromatic rings. The number of amides is 3. The smallest absolute Gasteiger partial charge is 0.312 e. The van der Waals surface area contributed by atoms with Crippen LogP contribution in [0.1, 0.15) is 38.2 Å². The van der Waals surface area contributed by atoms with Crippen molar-refractivity contribution in [2.24, 2.45) is 5.73 Å². The lowest BCUT2D eigenvalue weighted by Gasteiger charge is -2.33. The van der Waals surface area contributed by atoms with Gasteiger partial charge in [0.05, 0.1) is 0 Å². The molecule has 0 spiro atoms. The molecule has 24 heavy (non-hydrogen) atoms. The van der Waals surface area contributed by atoms with E-state index in [0.717, 1.165) is 38.9 Å². The summed E-state index contributed by atoms with van der Waals surface area (Å²) < 4.78 is 0. The van der Waals surface area contributed by atoms with Crippen LogP contribution in [0, 0.1) is 0 Å². The molecule has 1 heterocycles. The van der Waals surface area contributed by atoms with Gasteiger partial charge in [-0.25, -0.2) is 4.79 Å². The van der Waals surface area contributed by atoms with Gasteiger partial charge in [0.1, 0.15) is 6.04 Å². The molecule has 6 heteroatoms. The van der Waals surface area contributed by atoms with E-state index in [1.807, 2.05) is 13.0 Å². The van der Waals surface area contributed by atoms with Crippen LogP contribution in [0.25, 0.3) is 0 Å². The quantitative estimate of drug-likeness (QED) is 0.709. The Morgan fingerprint density at radius 1 is 1.25 bits per heavy atom. The highest BCUT2D eigenvalue weighted by molar-refractivity contribution is 5.86. The Morgan fingerprint density at radius 3 is 2.50 bits per heavy atom. The largest absolute Gasteiger partial charge is 0.352 e. The summed E-state index contributed by atoms with van der Waals surface area (Å²) in [4.78, 5) is 25.7. The number of nitrogens with zero attached hydrogens (tertiary/aromatic N) is 1. The van der Waals surface area contributed by atoms with Gasteiger partial charge in [-0.3, -0.25) is 9.69 Å². The molecule has 1 atom stereocenters. The first-order valence-corrected chi connectivity index (χ1v) is 8.71. The second-order valence-corrected chi connectivity index (χ2v) is 6.39. The van der Waals surface area contributed by atoms with Gasteiger partial charge in [0.2, 0.25) is 5.91 Å². The average Bonchev–Trinajstić information content (AvgIpc) is 2.57. The Bertz CT molecular complexity index is 527. The molecule has 1 aromatic carbocycles. The summed E-state index contributed by atoms with van der Waals surface area (Å²) in [5.41, 5.74) is 6.46. The maximum atomic E-state index is 12.3. The average molecular weight is 332 g/mol. The minimum absolute atomic E-state index is 0.128. The van der Waals surface area contributed by atoms with Crippen LogP contribution < -0.4 is 16.4 Å². The highest BCUT2D eigenvalue weighted by atomic mass is 16.2. The normalized spacial score (nSPS) is 17.2. The van der Waals surface area contributed by atoms with E-state index in [0.29, 0.717) is 6.42 Å². The number of carbonyl (C=O) groups is 2. The Hall–Kier alpha value is -2.08. The third-order valence-electron chi connectivity index (χ3n) is 4.39. The summed E-state index contributed by atoms with van der Waals surface area (Å²) in [5, 5.41) is 5.59. The van der Waals surface area contributed by atoms with E-state index in [1.54, 1.807) is 0 Å². The van der Waals surface area contributed by atoms with Crippen LogP contribution in [0.2, 0.25) is 0 Å². The van der Waals surface area contributed by atoms with E-state index in [4.69, 9.17) is 5.73 Å². The fraction of sp³-hybridized carbons (Fsp3) is 0.556. The van der Waals surface area contributed by atoms with Gasteiger partial charge >= 0.3 is 6.03 Å². The predicted octanol–water partition coefficient (Wildman–Crippen LogP) is 1.60. The van der Waals surface area contributed by atoms with Gasteiger partial charge in [-0.1, -0.05) is 43.7 Å². The van der Waals surface area contributed by atoms with Crippen molar-refractivity contribution in [3.8, 4) is 0 Å². The van der Waals surface area contributed by atoms with Crippen molar-refractivity contribution in [1.82, 2.24) is 15.5 Å². The monoisotopic (exact) mass is 332 g/mol. The number of likely N-dealkylation sites (tertiary alicyclic amines) is 1. The van der Waals surface area contributed by atoms with Crippen LogP contribution in [0.4, 0.5) is 4.79 Å². The van der Waals surface area contributed by atoms with Crippen molar-refractivity contribution < 1.29 is 9.59 Å². The molecule has 6 nitrogen and oxygen atoms in total. The maximum absolute atomic E-state index is 12.3. The SMILES string of the molecule is CCC[C@@H](NC(N)=O)C(=O)NC1CCN(Cc2ccccc2)CC1. The number of rotatable bonds is 7. The molecule has 0 radical (unpaired) electrons. The Kier molecular flexibility index (Phi) is 7.06. The van der Waals surface area contributed by atoms with Gasteiger partial charge in [-0.2, -0.15) is 0 Å². The van der Waals surface area contributed by atoms with Gasteiger partial charge in [0.25, 0.3) is 0 Å². The van der Waals surface area contributed by atoms with Crippen LogP contribution in [0.15, 0.2) is 30.3 Å². The molecule has 1 saturated heterocycles. The second kappa shape index (κ2) is 9.27. The number of benzene rings is 1. The van der Waals surface area contributed by atoms with Gasteiger partial charge < -0.3 is 16.4 Å². The molecule has 0 aromatic heterocycles. The van der Waals surface area contributed by atoms with Crippen molar-refractivity contribution in [3.05, 3.63) is 35.9 Å². The summed E-state index contributed by atoms with van der Waals surface area (Å²) in [6.07, 6.45) is 3.26.